The van der Waals surface area contributed by atoms with Crippen molar-refractivity contribution in [2.24, 2.45) is 0 Å². The van der Waals surface area contributed by atoms with Crippen LogP contribution in [0.15, 0.2) is 18.2 Å². The number of carbonyl (C=O) groups is 2. The Hall–Kier alpha value is -2.41. The number of halogens is 7. The first kappa shape index (κ1) is 32.1. The molecule has 2 fully saturated rings. The molecule has 1 aromatic rings. The lowest BCUT2D eigenvalue weighted by molar-refractivity contribution is -0.308. The summed E-state index contributed by atoms with van der Waals surface area (Å²) in [5.41, 5.74) is 1.53. The van der Waals surface area contributed by atoms with E-state index in [1.807, 2.05) is 26.0 Å². The molecule has 0 atom stereocenters. The number of amides is 2. The molecule has 7 nitrogen and oxygen atoms in total. The molecule has 0 radical (unpaired) electrons. The lowest BCUT2D eigenvalue weighted by Crippen LogP contribution is -2.55. The standard InChI is InChI=1S/C26H35ClF6N4O3/c1-4-37(16-18-5-6-19(27)15-21(18)35-11-7-20(8-12-35)34-17(2)38)24(3)9-13-36(14-10-24)23(39)40-22(25(28,29)30)26(31,32)33/h5-6,15,20,22H,4,7-14,16H2,1-3H3,(H,34,38). The Morgan fingerprint density at radius 1 is 1.10 bits per heavy atom. The van der Waals surface area contributed by atoms with Crippen molar-refractivity contribution < 1.29 is 40.7 Å². The topological polar surface area (TPSA) is 65.1 Å². The molecular weight excluding hydrogens is 566 g/mol. The molecule has 0 unspecified atom stereocenters. The van der Waals surface area contributed by atoms with Crippen molar-refractivity contribution >= 4 is 29.3 Å². The van der Waals surface area contributed by atoms with Gasteiger partial charge in [-0.25, -0.2) is 4.79 Å². The number of rotatable bonds is 7. The number of piperidine rings is 2. The van der Waals surface area contributed by atoms with Gasteiger partial charge >= 0.3 is 18.4 Å². The first-order valence-corrected chi connectivity index (χ1v) is 13.6. The molecule has 226 valence electrons. The van der Waals surface area contributed by atoms with Crippen LogP contribution in [0.4, 0.5) is 36.8 Å². The highest BCUT2D eigenvalue weighted by atomic mass is 35.5. The molecule has 0 spiro atoms. The van der Waals surface area contributed by atoms with Crippen molar-refractivity contribution in [2.75, 3.05) is 37.6 Å². The summed E-state index contributed by atoms with van der Waals surface area (Å²) in [6.45, 7) is 7.97. The number of ether oxygens (including phenoxy) is 1. The minimum absolute atomic E-state index is 0.0432. The number of nitrogens with one attached hydrogen (secondary N) is 1. The second-order valence-corrected chi connectivity index (χ2v) is 11.0. The Bertz CT molecular complexity index is 1020. The lowest BCUT2D eigenvalue weighted by Gasteiger charge is -2.47. The average molecular weight is 601 g/mol. The van der Waals surface area contributed by atoms with Crippen molar-refractivity contribution in [2.45, 2.75) is 83.0 Å². The van der Waals surface area contributed by atoms with E-state index in [1.165, 1.54) is 6.92 Å². The van der Waals surface area contributed by atoms with Gasteiger partial charge in [-0.15, -0.1) is 0 Å². The maximum absolute atomic E-state index is 12.8. The van der Waals surface area contributed by atoms with Crippen molar-refractivity contribution in [1.29, 1.82) is 0 Å². The van der Waals surface area contributed by atoms with Gasteiger partial charge in [-0.3, -0.25) is 9.69 Å². The van der Waals surface area contributed by atoms with Crippen LogP contribution in [0.5, 0.6) is 0 Å². The zero-order chi connectivity index (χ0) is 29.9. The molecule has 2 heterocycles. The molecule has 0 bridgehead atoms. The van der Waals surface area contributed by atoms with Gasteiger partial charge in [0.2, 0.25) is 5.91 Å². The Morgan fingerprint density at radius 2 is 1.68 bits per heavy atom. The predicted octanol–water partition coefficient (Wildman–Crippen LogP) is 5.75. The third-order valence-electron chi connectivity index (χ3n) is 7.71. The highest BCUT2D eigenvalue weighted by Crippen LogP contribution is 2.37. The summed E-state index contributed by atoms with van der Waals surface area (Å²) >= 11 is 6.33. The zero-order valence-corrected chi connectivity index (χ0v) is 23.4. The molecule has 0 saturated carbocycles. The number of nitrogens with zero attached hydrogens (tertiary/aromatic N) is 3. The molecule has 2 aliphatic heterocycles. The van der Waals surface area contributed by atoms with Crippen LogP contribution in [0, 0.1) is 0 Å². The fourth-order valence-electron chi connectivity index (χ4n) is 5.39. The Morgan fingerprint density at radius 3 is 2.17 bits per heavy atom. The Balaban J connectivity index is 1.67. The van der Waals surface area contributed by atoms with Gasteiger partial charge in [0, 0.05) is 61.9 Å². The zero-order valence-electron chi connectivity index (χ0n) is 22.7. The number of hydrogen-bond acceptors (Lipinski definition) is 5. The average Bonchev–Trinajstić information content (AvgIpc) is 2.85. The van der Waals surface area contributed by atoms with Crippen LogP contribution in [0.2, 0.25) is 5.02 Å². The van der Waals surface area contributed by atoms with Gasteiger partial charge in [0.25, 0.3) is 6.10 Å². The molecule has 0 aliphatic carbocycles. The smallest absolute Gasteiger partial charge is 0.426 e. The number of carbonyl (C=O) groups excluding carboxylic acids is 2. The van der Waals surface area contributed by atoms with E-state index in [0.29, 0.717) is 31.0 Å². The predicted molar refractivity (Wildman–Crippen MR) is 138 cm³/mol. The summed E-state index contributed by atoms with van der Waals surface area (Å²) in [7, 11) is 0. The molecule has 2 saturated heterocycles. The lowest BCUT2D eigenvalue weighted by atomic mass is 9.87. The maximum atomic E-state index is 12.8. The molecule has 1 N–H and O–H groups in total. The van der Waals surface area contributed by atoms with Gasteiger partial charge < -0.3 is 19.9 Å². The number of hydrogen-bond donors (Lipinski definition) is 1. The van der Waals surface area contributed by atoms with E-state index in [0.717, 1.165) is 42.1 Å². The van der Waals surface area contributed by atoms with Crippen molar-refractivity contribution in [3.8, 4) is 0 Å². The second kappa shape index (κ2) is 12.6. The molecule has 14 heteroatoms. The van der Waals surface area contributed by atoms with Crippen LogP contribution in [-0.2, 0) is 16.1 Å². The monoisotopic (exact) mass is 600 g/mol. The summed E-state index contributed by atoms with van der Waals surface area (Å²) in [4.78, 5) is 29.0. The van der Waals surface area contributed by atoms with E-state index in [4.69, 9.17) is 11.6 Å². The fourth-order valence-corrected chi connectivity index (χ4v) is 5.56. The Labute approximate surface area is 234 Å². The molecular formula is C26H35ClF6N4O3. The van der Waals surface area contributed by atoms with E-state index in [-0.39, 0.29) is 25.0 Å². The summed E-state index contributed by atoms with van der Waals surface area (Å²) < 4.78 is 80.9. The highest BCUT2D eigenvalue weighted by molar-refractivity contribution is 6.30. The van der Waals surface area contributed by atoms with Gasteiger partial charge in [0.1, 0.15) is 0 Å². The summed E-state index contributed by atoms with van der Waals surface area (Å²) in [6.07, 6.45) is -15.1. The van der Waals surface area contributed by atoms with E-state index in [2.05, 4.69) is 19.9 Å². The summed E-state index contributed by atoms with van der Waals surface area (Å²) in [5, 5.41) is 3.54. The third-order valence-corrected chi connectivity index (χ3v) is 7.94. The SMILES string of the molecule is CCN(Cc1ccc(Cl)cc1N1CCC(NC(C)=O)CC1)C1(C)CCN(C(=O)OC(C(F)(F)F)C(F)(F)F)CC1. The number of benzene rings is 1. The quantitative estimate of drug-likeness (QED) is 0.404. The summed E-state index contributed by atoms with van der Waals surface area (Å²) in [5.74, 6) is -0.0615. The normalized spacial score (nSPS) is 18.8. The van der Waals surface area contributed by atoms with E-state index < -0.39 is 30.1 Å². The number of anilines is 1. The van der Waals surface area contributed by atoms with Gasteiger partial charge in [-0.1, -0.05) is 24.6 Å². The van der Waals surface area contributed by atoms with Gasteiger partial charge in [-0.05, 0) is 56.8 Å². The number of likely N-dealkylation sites (tertiary alicyclic amines) is 1. The first-order valence-electron chi connectivity index (χ1n) is 13.2. The minimum Gasteiger partial charge on any atom is -0.426 e. The molecule has 3 rings (SSSR count). The maximum Gasteiger partial charge on any atom is 0.434 e. The van der Waals surface area contributed by atoms with Crippen LogP contribution in [-0.4, -0.2) is 84.6 Å². The largest absolute Gasteiger partial charge is 0.434 e. The second-order valence-electron chi connectivity index (χ2n) is 10.6. The molecule has 2 amide bonds. The van der Waals surface area contributed by atoms with Gasteiger partial charge in [-0.2, -0.15) is 26.3 Å². The third kappa shape index (κ3) is 8.08. The van der Waals surface area contributed by atoms with Crippen LogP contribution in [0.25, 0.3) is 0 Å². The van der Waals surface area contributed by atoms with Gasteiger partial charge in [0.05, 0.1) is 0 Å². The van der Waals surface area contributed by atoms with Crippen molar-refractivity contribution in [3.63, 3.8) is 0 Å². The van der Waals surface area contributed by atoms with Crippen LogP contribution in [0.1, 0.15) is 52.0 Å². The van der Waals surface area contributed by atoms with Crippen molar-refractivity contribution in [3.05, 3.63) is 28.8 Å². The van der Waals surface area contributed by atoms with E-state index >= 15 is 0 Å². The first-order chi connectivity index (χ1) is 18.5. The number of alkyl halides is 6. The van der Waals surface area contributed by atoms with Crippen molar-refractivity contribution in [1.82, 2.24) is 15.1 Å². The fraction of sp³-hybridized carbons (Fsp3) is 0.692. The van der Waals surface area contributed by atoms with Crippen LogP contribution in [0.3, 0.4) is 0 Å². The Kier molecular flexibility index (Phi) is 10.1. The van der Waals surface area contributed by atoms with E-state index in [1.54, 1.807) is 6.07 Å². The summed E-state index contributed by atoms with van der Waals surface area (Å²) in [6, 6.07) is 5.77. The minimum atomic E-state index is -5.76. The van der Waals surface area contributed by atoms with E-state index in [9.17, 15) is 35.9 Å². The molecule has 1 aromatic carbocycles. The molecule has 40 heavy (non-hydrogen) atoms. The van der Waals surface area contributed by atoms with Gasteiger partial charge in [0.15, 0.2) is 0 Å². The van der Waals surface area contributed by atoms with Crippen LogP contribution >= 0.6 is 11.6 Å². The highest BCUT2D eigenvalue weighted by Gasteiger charge is 2.60. The van der Waals surface area contributed by atoms with Crippen LogP contribution < -0.4 is 10.2 Å². The molecule has 0 aromatic heterocycles. The molecule has 2 aliphatic rings.